The van der Waals surface area contributed by atoms with Crippen molar-refractivity contribution in [1.29, 1.82) is 5.26 Å². The molecule has 4 aromatic rings. The Hall–Kier alpha value is -6.09. The second kappa shape index (κ2) is 17.5. The Morgan fingerprint density at radius 1 is 0.953 bits per heavy atom. The number of imide groups is 1. The van der Waals surface area contributed by atoms with E-state index < -0.39 is 29.0 Å². The van der Waals surface area contributed by atoms with Crippen LogP contribution in [-0.2, 0) is 14.4 Å². The predicted octanol–water partition coefficient (Wildman–Crippen LogP) is 3.49. The lowest BCUT2D eigenvalue weighted by Crippen LogP contribution is -2.74. The number of carbonyl (C=O) groups excluding carboxylic acids is 4. The van der Waals surface area contributed by atoms with E-state index in [0.29, 0.717) is 65.6 Å². The predicted molar refractivity (Wildman–Crippen MR) is 239 cm³/mol. The minimum atomic E-state index is -0.935. The highest BCUT2D eigenvalue weighted by Gasteiger charge is 2.64. The number of likely N-dealkylation sites (tertiary alicyclic amines) is 1. The third-order valence-corrected chi connectivity index (χ3v) is 13.8. The minimum Gasteiger partial charge on any atom is -0.489 e. The van der Waals surface area contributed by atoms with Gasteiger partial charge in [-0.05, 0) is 73.9 Å². The molecule has 17 nitrogen and oxygen atoms in total. The van der Waals surface area contributed by atoms with Crippen LogP contribution in [0.1, 0.15) is 75.3 Å². The summed E-state index contributed by atoms with van der Waals surface area (Å²) in [6.45, 7) is 12.7. The van der Waals surface area contributed by atoms with Crippen molar-refractivity contribution in [2.24, 2.45) is 10.8 Å². The molecule has 3 aromatic carbocycles. The molecule has 0 radical (unpaired) electrons. The van der Waals surface area contributed by atoms with E-state index in [2.05, 4.69) is 69.8 Å². The third-order valence-electron chi connectivity index (χ3n) is 13.5. The Labute approximate surface area is 375 Å². The Morgan fingerprint density at radius 2 is 1.66 bits per heavy atom. The molecule has 18 heteroatoms. The number of aromatic nitrogens is 3. The first-order chi connectivity index (χ1) is 30.5. The lowest BCUT2D eigenvalue weighted by molar-refractivity contribution is -0.164. The molecular weight excluding hydrogens is 840 g/mol. The molecule has 1 unspecified atom stereocenters. The van der Waals surface area contributed by atoms with Gasteiger partial charge in [0, 0.05) is 92.1 Å². The van der Waals surface area contributed by atoms with Gasteiger partial charge < -0.3 is 30.3 Å². The van der Waals surface area contributed by atoms with Gasteiger partial charge in [0.2, 0.25) is 11.8 Å². The number of aliphatic hydroxyl groups is 1. The van der Waals surface area contributed by atoms with E-state index in [1.165, 1.54) is 0 Å². The average Bonchev–Trinajstić information content (AvgIpc) is 3.27. The topological polar surface area (TPSA) is 215 Å². The Bertz CT molecular complexity index is 2560. The fourth-order valence-electron chi connectivity index (χ4n) is 10.1. The van der Waals surface area contributed by atoms with Gasteiger partial charge in [0.1, 0.15) is 29.5 Å². The van der Waals surface area contributed by atoms with Crippen LogP contribution in [0.5, 0.6) is 5.75 Å². The van der Waals surface area contributed by atoms with Crippen LogP contribution in [0.2, 0.25) is 5.02 Å². The molecule has 1 aromatic heterocycles. The number of nitrogens with one attached hydrogen (secondary N) is 3. The number of ether oxygens (including phenoxy) is 1. The standard InChI is InChI=1S/C46H53ClN10O7/c1-44(2)42(45(3,4)43(44)64-32-11-7-29(25-48)34(47)24-32)51-39(60)28-5-9-31(10-6-28)55-21-19-54(20-22-55)27-46(63)15-17-56(18-16-46)38(59)26-49-30-8-12-35-33(23-30)41(62)57(53-52-35)36-13-14-37(58)50-40(36)61/h5-12,23-24,36,42-43,49,63H,13-22,26-27H2,1-4H3,(H,51,60)(H,50,58,61). The van der Waals surface area contributed by atoms with Crippen molar-refractivity contribution < 1.29 is 29.0 Å². The Kier molecular flexibility index (Phi) is 12.2. The molecule has 1 atom stereocenters. The monoisotopic (exact) mass is 892 g/mol. The highest BCUT2D eigenvalue weighted by atomic mass is 35.5. The zero-order valence-electron chi connectivity index (χ0n) is 36.4. The molecule has 8 rings (SSSR count). The van der Waals surface area contributed by atoms with E-state index in [-0.39, 0.29) is 59.6 Å². The van der Waals surface area contributed by atoms with E-state index in [1.807, 2.05) is 24.3 Å². The summed E-state index contributed by atoms with van der Waals surface area (Å²) < 4.78 is 7.37. The van der Waals surface area contributed by atoms with E-state index >= 15 is 0 Å². The van der Waals surface area contributed by atoms with Gasteiger partial charge in [0.25, 0.3) is 17.4 Å². The number of β-amino-alcohol motifs (C(OH)–C–C–N with tert-alkyl or cyclic N) is 1. The van der Waals surface area contributed by atoms with Crippen LogP contribution in [-0.4, -0.2) is 124 Å². The fraction of sp³-hybridized carbons (Fsp3) is 0.478. The number of fused-ring (bicyclic) bond motifs is 1. The summed E-state index contributed by atoms with van der Waals surface area (Å²) in [7, 11) is 0. The first-order valence-electron chi connectivity index (χ1n) is 21.7. The molecule has 4 amide bonds. The molecule has 0 spiro atoms. The number of nitrogens with zero attached hydrogens (tertiary/aromatic N) is 7. The minimum absolute atomic E-state index is 0.0114. The van der Waals surface area contributed by atoms with Gasteiger partial charge >= 0.3 is 0 Å². The van der Waals surface area contributed by atoms with E-state index in [0.717, 1.165) is 36.5 Å². The van der Waals surface area contributed by atoms with Crippen molar-refractivity contribution >= 4 is 57.5 Å². The summed E-state index contributed by atoms with van der Waals surface area (Å²) in [5.74, 6) is -0.693. The molecule has 64 heavy (non-hydrogen) atoms. The van der Waals surface area contributed by atoms with Crippen molar-refractivity contribution in [3.8, 4) is 11.8 Å². The third kappa shape index (κ3) is 8.86. The van der Waals surface area contributed by atoms with Crippen molar-refractivity contribution in [3.63, 3.8) is 0 Å². The maximum atomic E-state index is 13.5. The first-order valence-corrected chi connectivity index (χ1v) is 22.0. The van der Waals surface area contributed by atoms with Gasteiger partial charge in [0.05, 0.1) is 28.1 Å². The van der Waals surface area contributed by atoms with Crippen LogP contribution in [0, 0.1) is 22.2 Å². The largest absolute Gasteiger partial charge is 0.489 e. The molecular formula is C46H53ClN10O7. The maximum Gasteiger partial charge on any atom is 0.278 e. The number of nitriles is 1. The number of hydrogen-bond donors (Lipinski definition) is 4. The lowest BCUT2D eigenvalue weighted by Gasteiger charge is -2.63. The summed E-state index contributed by atoms with van der Waals surface area (Å²) in [4.78, 5) is 70.3. The molecule has 4 heterocycles. The van der Waals surface area contributed by atoms with Crippen LogP contribution in [0.15, 0.2) is 65.5 Å². The van der Waals surface area contributed by atoms with Crippen molar-refractivity contribution in [3.05, 3.63) is 87.2 Å². The lowest BCUT2D eigenvalue weighted by atomic mass is 9.49. The number of piperidine rings is 2. The number of piperazine rings is 1. The molecule has 4 fully saturated rings. The van der Waals surface area contributed by atoms with E-state index in [4.69, 9.17) is 16.3 Å². The van der Waals surface area contributed by atoms with Crippen LogP contribution in [0.25, 0.3) is 10.9 Å². The van der Waals surface area contributed by atoms with E-state index in [1.54, 1.807) is 41.3 Å². The van der Waals surface area contributed by atoms with E-state index in [9.17, 15) is 34.3 Å². The molecule has 4 N–H and O–H groups in total. The first kappa shape index (κ1) is 44.5. The van der Waals surface area contributed by atoms with Gasteiger partial charge in [-0.25, -0.2) is 0 Å². The van der Waals surface area contributed by atoms with Gasteiger partial charge in [-0.1, -0.05) is 44.5 Å². The van der Waals surface area contributed by atoms with Gasteiger partial charge in [0.15, 0.2) is 0 Å². The molecule has 3 saturated heterocycles. The van der Waals surface area contributed by atoms with Crippen LogP contribution >= 0.6 is 11.6 Å². The molecule has 336 valence electrons. The van der Waals surface area contributed by atoms with Gasteiger partial charge in [-0.2, -0.15) is 9.94 Å². The fourth-order valence-corrected chi connectivity index (χ4v) is 10.3. The average molecular weight is 893 g/mol. The zero-order chi connectivity index (χ0) is 45.6. The van der Waals surface area contributed by atoms with Crippen molar-refractivity contribution in [2.75, 3.05) is 62.6 Å². The molecule has 0 bridgehead atoms. The molecule has 1 aliphatic carbocycles. The molecule has 3 aliphatic heterocycles. The van der Waals surface area contributed by atoms with Gasteiger partial charge in [-0.15, -0.1) is 5.10 Å². The summed E-state index contributed by atoms with van der Waals surface area (Å²) in [5, 5.41) is 38.0. The second-order valence-corrected chi connectivity index (χ2v) is 19.0. The maximum absolute atomic E-state index is 13.5. The summed E-state index contributed by atoms with van der Waals surface area (Å²) in [5.41, 5.74) is 0.656. The smallest absolute Gasteiger partial charge is 0.278 e. The molecule has 4 aliphatic rings. The number of carbonyl (C=O) groups is 4. The number of anilines is 2. The van der Waals surface area contributed by atoms with Gasteiger partial charge in [-0.3, -0.25) is 34.2 Å². The quantitative estimate of drug-likeness (QED) is 0.159. The summed E-state index contributed by atoms with van der Waals surface area (Å²) in [6, 6.07) is 18.6. The summed E-state index contributed by atoms with van der Waals surface area (Å²) in [6.07, 6.45) is 0.943. The van der Waals surface area contributed by atoms with Crippen molar-refractivity contribution in [2.45, 2.75) is 77.2 Å². The van der Waals surface area contributed by atoms with Crippen LogP contribution in [0.4, 0.5) is 11.4 Å². The zero-order valence-corrected chi connectivity index (χ0v) is 37.2. The number of amides is 4. The molecule has 1 saturated carbocycles. The number of benzene rings is 3. The number of halogens is 1. The highest BCUT2D eigenvalue weighted by molar-refractivity contribution is 6.31. The SMILES string of the molecule is CC1(C)C(NC(=O)c2ccc(N3CCN(CC4(O)CCN(C(=O)CNc5ccc6nnn(C7CCC(=O)NC7=O)c(=O)c6c5)CC4)CC3)cc2)C(C)(C)C1Oc1ccc(C#N)c(Cl)c1. The summed E-state index contributed by atoms with van der Waals surface area (Å²) >= 11 is 6.25. The number of hydrogen-bond acceptors (Lipinski definition) is 13. The number of rotatable bonds is 11. The Morgan fingerprint density at radius 3 is 2.31 bits per heavy atom. The van der Waals surface area contributed by atoms with Crippen molar-refractivity contribution in [1.82, 2.24) is 35.4 Å². The second-order valence-electron chi connectivity index (χ2n) is 18.6. The van der Waals surface area contributed by atoms with Crippen LogP contribution < -0.4 is 31.1 Å². The normalized spacial score (nSPS) is 22.8. The Balaban J connectivity index is 0.776. The van der Waals surface area contributed by atoms with Crippen LogP contribution in [0.3, 0.4) is 0 Å². The highest BCUT2D eigenvalue weighted by Crippen LogP contribution is 2.55.